The van der Waals surface area contributed by atoms with Crippen LogP contribution in [0.25, 0.3) is 0 Å². The molecule has 114 heavy (non-hydrogen) atoms. The van der Waals surface area contributed by atoms with Gasteiger partial charge >= 0.3 is 0 Å². The van der Waals surface area contributed by atoms with Gasteiger partial charge in [-0.3, -0.25) is 4.79 Å². The number of aliphatic hydroxyl groups excluding tert-OH is 11. The highest BCUT2D eigenvalue weighted by molar-refractivity contribution is 5.76. The second-order valence-electron chi connectivity index (χ2n) is 32.7. The zero-order valence-electron chi connectivity index (χ0n) is 71.5. The molecule has 0 aromatic heterocycles. The normalized spacial score (nSPS) is 25.1. The number of carbonyl (C=O) groups excluding carboxylic acids is 1. The Kier molecular flexibility index (Phi) is 67.7. The summed E-state index contributed by atoms with van der Waals surface area (Å²) in [6.45, 7) is 1.74. The van der Waals surface area contributed by atoms with Gasteiger partial charge in [-0.05, 0) is 77.0 Å². The summed E-state index contributed by atoms with van der Waals surface area (Å²) in [6.07, 6.45) is 75.1. The van der Waals surface area contributed by atoms with Crippen LogP contribution in [0.4, 0.5) is 0 Å². The van der Waals surface area contributed by atoms with E-state index in [1.165, 1.54) is 231 Å². The lowest BCUT2D eigenvalue weighted by atomic mass is 9.96. The smallest absolute Gasteiger partial charge is 0.220 e. The van der Waals surface area contributed by atoms with Crippen LogP contribution in [0.15, 0.2) is 97.2 Å². The van der Waals surface area contributed by atoms with Crippen LogP contribution < -0.4 is 5.32 Å². The Morgan fingerprint density at radius 3 is 0.947 bits per heavy atom. The molecule has 0 aliphatic carbocycles. The third-order valence-corrected chi connectivity index (χ3v) is 22.7. The maximum absolute atomic E-state index is 13.6. The Hall–Kier alpha value is -3.29. The third kappa shape index (κ3) is 51.4. The van der Waals surface area contributed by atoms with Gasteiger partial charge in [-0.15, -0.1) is 0 Å². The number of rotatable bonds is 75. The topological polar surface area (TPSA) is 307 Å². The zero-order valence-corrected chi connectivity index (χ0v) is 71.5. The Labute approximate surface area is 692 Å². The van der Waals surface area contributed by atoms with E-state index in [0.29, 0.717) is 12.8 Å². The van der Waals surface area contributed by atoms with Gasteiger partial charge in [0, 0.05) is 6.42 Å². The van der Waals surface area contributed by atoms with Crippen molar-refractivity contribution in [2.24, 2.45) is 0 Å². The average molecular weight is 1610 g/mol. The van der Waals surface area contributed by atoms with Crippen molar-refractivity contribution < 1.29 is 89.4 Å². The van der Waals surface area contributed by atoms with E-state index in [1.54, 1.807) is 0 Å². The molecule has 19 nitrogen and oxygen atoms in total. The summed E-state index contributed by atoms with van der Waals surface area (Å²) in [7, 11) is 0. The summed E-state index contributed by atoms with van der Waals surface area (Å²) < 4.78 is 34.6. The molecule has 3 aliphatic rings. The summed E-state index contributed by atoms with van der Waals surface area (Å²) in [5.41, 5.74) is 0. The van der Waals surface area contributed by atoms with E-state index in [1.807, 2.05) is 0 Å². The monoisotopic (exact) mass is 1610 g/mol. The van der Waals surface area contributed by atoms with Gasteiger partial charge in [-0.2, -0.15) is 0 Å². The fourth-order valence-electron chi connectivity index (χ4n) is 15.3. The maximum atomic E-state index is 13.6. The first-order valence-electron chi connectivity index (χ1n) is 46.5. The molecule has 0 aromatic carbocycles. The number of carbonyl (C=O) groups is 1. The van der Waals surface area contributed by atoms with Crippen molar-refractivity contribution >= 4 is 5.91 Å². The number of unbranched alkanes of at least 4 members (excludes halogenated alkanes) is 43. The number of nitrogens with one attached hydrogen (secondary N) is 1. The molecule has 17 unspecified atom stereocenters. The molecule has 0 aromatic rings. The predicted octanol–water partition coefficient (Wildman–Crippen LogP) is 18.2. The van der Waals surface area contributed by atoms with Crippen molar-refractivity contribution in [2.75, 3.05) is 26.4 Å². The van der Waals surface area contributed by atoms with Gasteiger partial charge in [0.25, 0.3) is 0 Å². The first kappa shape index (κ1) is 105. The van der Waals surface area contributed by atoms with Crippen molar-refractivity contribution in [1.82, 2.24) is 5.32 Å². The molecule has 3 rings (SSSR count). The average Bonchev–Trinajstić information content (AvgIpc) is 0.783. The number of aliphatic hydroxyl groups is 11. The largest absolute Gasteiger partial charge is 0.394 e. The van der Waals surface area contributed by atoms with Crippen molar-refractivity contribution in [3.8, 4) is 0 Å². The van der Waals surface area contributed by atoms with Crippen molar-refractivity contribution in [2.45, 2.75) is 471 Å². The molecule has 19 heteroatoms. The van der Waals surface area contributed by atoms with E-state index < -0.39 is 124 Å². The molecule has 0 bridgehead atoms. The second kappa shape index (κ2) is 73.6. The molecule has 0 radical (unpaired) electrons. The molecule has 3 fully saturated rings. The van der Waals surface area contributed by atoms with Gasteiger partial charge in [-0.25, -0.2) is 0 Å². The lowest BCUT2D eigenvalue weighted by Crippen LogP contribution is -2.66. The van der Waals surface area contributed by atoms with Gasteiger partial charge in [0.05, 0.1) is 38.6 Å². The molecule has 0 spiro atoms. The Balaban J connectivity index is 1.31. The van der Waals surface area contributed by atoms with Crippen LogP contribution in [-0.4, -0.2) is 193 Å². The number of hydrogen-bond acceptors (Lipinski definition) is 18. The van der Waals surface area contributed by atoms with Crippen LogP contribution in [0.1, 0.15) is 367 Å². The van der Waals surface area contributed by atoms with Gasteiger partial charge in [0.1, 0.15) is 73.2 Å². The minimum absolute atomic E-state index is 0.241. The molecular formula is C95H169NO18. The number of amides is 1. The van der Waals surface area contributed by atoms with Gasteiger partial charge < -0.3 is 89.9 Å². The summed E-state index contributed by atoms with van der Waals surface area (Å²) in [4.78, 5) is 13.6. The van der Waals surface area contributed by atoms with E-state index in [9.17, 15) is 61.0 Å². The highest BCUT2D eigenvalue weighted by Gasteiger charge is 2.54. The lowest BCUT2D eigenvalue weighted by molar-refractivity contribution is -0.379. The molecule has 3 saturated heterocycles. The van der Waals surface area contributed by atoms with Gasteiger partial charge in [0.2, 0.25) is 5.91 Å². The van der Waals surface area contributed by atoms with Crippen molar-refractivity contribution in [1.29, 1.82) is 0 Å². The second-order valence-corrected chi connectivity index (χ2v) is 32.7. The van der Waals surface area contributed by atoms with Crippen molar-refractivity contribution in [3.63, 3.8) is 0 Å². The Morgan fingerprint density at radius 2 is 0.605 bits per heavy atom. The van der Waals surface area contributed by atoms with E-state index in [0.717, 1.165) is 103 Å². The number of ether oxygens (including phenoxy) is 6. The standard InChI is InChI=1S/C95H169NO18/c1-3-5-7-9-11-13-15-17-19-21-23-25-27-29-31-33-35-36-37-38-39-40-41-42-43-45-47-49-51-53-55-57-59-61-63-65-67-69-71-73-83(101)96-78(79(100)72-70-68-66-64-62-60-58-56-54-52-50-48-46-44-34-32-30-28-26-24-22-20-18-16-14-12-10-8-6-4-2)77-109-93-89(107)86(104)91(81(75-98)111-93)114-95-90(108)87(105)92(82(76-99)112-95)113-94-88(106)85(103)84(102)80(74-97)110-94/h5,7,11,13,17,19,23,25,29,31,35-36,38-39,41-42,78-82,84-95,97-100,102-108H,3-4,6,8-10,12,14-16,18,20-22,24,26-28,30,32-34,37,40,43-77H2,1-2H3,(H,96,101)/b7-5-,13-11-,19-17-,25-23-,31-29-,36-35-,39-38-,42-41-. The highest BCUT2D eigenvalue weighted by atomic mass is 16.8. The quantitative estimate of drug-likeness (QED) is 0.0199. The SMILES string of the molecule is CC/C=C\C/C=C\C/C=C\C/C=C\C/C=C\C/C=C\C/C=C\C/C=C\CCCCCCCCCCCCCCCCC(=O)NC(COC1OC(CO)C(OC2OC(CO)C(OC3OC(CO)C(O)C(O)C3O)C(O)C2O)C(O)C1O)C(O)CCCCCCCCCCCCCCCCCCCCCCCCCCCCCCCC. The third-order valence-electron chi connectivity index (χ3n) is 22.7. The molecule has 12 N–H and O–H groups in total. The molecule has 0 saturated carbocycles. The summed E-state index contributed by atoms with van der Waals surface area (Å²) >= 11 is 0. The van der Waals surface area contributed by atoms with E-state index >= 15 is 0 Å². The predicted molar refractivity (Wildman–Crippen MR) is 461 cm³/mol. The Bertz CT molecular complexity index is 2430. The van der Waals surface area contributed by atoms with Gasteiger partial charge in [0.15, 0.2) is 18.9 Å². The maximum Gasteiger partial charge on any atom is 0.220 e. The fourth-order valence-corrected chi connectivity index (χ4v) is 15.3. The highest BCUT2D eigenvalue weighted by Crippen LogP contribution is 2.34. The summed E-state index contributed by atoms with van der Waals surface area (Å²) in [6, 6.07) is -0.895. The number of allylic oxidation sites excluding steroid dienone is 16. The van der Waals surface area contributed by atoms with Crippen molar-refractivity contribution in [3.05, 3.63) is 97.2 Å². The zero-order chi connectivity index (χ0) is 82.4. The van der Waals surface area contributed by atoms with Crippen LogP contribution in [0.2, 0.25) is 0 Å². The number of hydrogen-bond donors (Lipinski definition) is 12. The summed E-state index contributed by atoms with van der Waals surface area (Å²) in [5, 5.41) is 121. The van der Waals surface area contributed by atoms with Gasteiger partial charge in [-0.1, -0.05) is 381 Å². The van der Waals surface area contributed by atoms with Crippen LogP contribution in [0.5, 0.6) is 0 Å². The minimum atomic E-state index is -1.98. The summed E-state index contributed by atoms with van der Waals surface area (Å²) in [5.74, 6) is -0.241. The fraction of sp³-hybridized carbons (Fsp3) is 0.821. The lowest BCUT2D eigenvalue weighted by Gasteiger charge is -2.48. The first-order chi connectivity index (χ1) is 55.8. The van der Waals surface area contributed by atoms with E-state index in [-0.39, 0.29) is 18.9 Å². The molecule has 1 amide bonds. The van der Waals surface area contributed by atoms with Crippen LogP contribution in [-0.2, 0) is 33.2 Å². The van der Waals surface area contributed by atoms with Crippen LogP contribution in [0.3, 0.4) is 0 Å². The molecule has 17 atom stereocenters. The molecule has 662 valence electrons. The van der Waals surface area contributed by atoms with E-state index in [2.05, 4.69) is 116 Å². The van der Waals surface area contributed by atoms with Crippen LogP contribution >= 0.6 is 0 Å². The minimum Gasteiger partial charge on any atom is -0.394 e. The Morgan fingerprint density at radius 1 is 0.325 bits per heavy atom. The molecule has 3 heterocycles. The van der Waals surface area contributed by atoms with Crippen LogP contribution in [0, 0.1) is 0 Å². The van der Waals surface area contributed by atoms with E-state index in [4.69, 9.17) is 28.4 Å². The molecular weight excluding hydrogens is 1440 g/mol. The molecule has 3 aliphatic heterocycles. The first-order valence-corrected chi connectivity index (χ1v) is 46.5.